The molecular formula is C12H16N2O2. The number of anilines is 2. The van der Waals surface area contributed by atoms with Crippen molar-refractivity contribution in [3.8, 4) is 0 Å². The first-order valence-electron chi connectivity index (χ1n) is 5.52. The normalized spacial score (nSPS) is 14.6. The fourth-order valence-corrected chi connectivity index (χ4v) is 2.16. The molecule has 0 amide bonds. The molecule has 0 saturated carbocycles. The Hall–Kier alpha value is -1.71. The highest BCUT2D eigenvalue weighted by Crippen LogP contribution is 2.28. The molecule has 0 spiro atoms. The van der Waals surface area contributed by atoms with Gasteiger partial charge in [-0.15, -0.1) is 0 Å². The zero-order valence-corrected chi connectivity index (χ0v) is 9.15. The maximum absolute atomic E-state index is 10.6. The minimum absolute atomic E-state index is 0.184. The van der Waals surface area contributed by atoms with Crippen LogP contribution in [0, 0.1) is 0 Å². The first-order valence-corrected chi connectivity index (χ1v) is 5.52. The van der Waals surface area contributed by atoms with Gasteiger partial charge in [0.1, 0.15) is 0 Å². The first-order chi connectivity index (χ1) is 7.66. The molecule has 16 heavy (non-hydrogen) atoms. The van der Waals surface area contributed by atoms with Gasteiger partial charge in [0.15, 0.2) is 0 Å². The Kier molecular flexibility index (Phi) is 2.99. The Morgan fingerprint density at radius 2 is 2.31 bits per heavy atom. The van der Waals surface area contributed by atoms with Crippen molar-refractivity contribution < 1.29 is 9.90 Å². The number of carbonyl (C=O) groups is 1. The molecular weight excluding hydrogens is 204 g/mol. The average molecular weight is 220 g/mol. The third kappa shape index (κ3) is 2.27. The summed E-state index contributed by atoms with van der Waals surface area (Å²) >= 11 is 0. The number of fused-ring (bicyclic) bond motifs is 1. The van der Waals surface area contributed by atoms with Crippen molar-refractivity contribution in [3.63, 3.8) is 0 Å². The average Bonchev–Trinajstić information content (AvgIpc) is 2.25. The van der Waals surface area contributed by atoms with Crippen LogP contribution in [0.25, 0.3) is 0 Å². The Morgan fingerprint density at radius 3 is 3.06 bits per heavy atom. The molecule has 0 aliphatic carbocycles. The second-order valence-corrected chi connectivity index (χ2v) is 4.12. The molecule has 1 aliphatic rings. The van der Waals surface area contributed by atoms with Crippen molar-refractivity contribution >= 4 is 17.3 Å². The summed E-state index contributed by atoms with van der Waals surface area (Å²) in [7, 11) is 0. The third-order valence-electron chi connectivity index (χ3n) is 2.91. The highest BCUT2D eigenvalue weighted by atomic mass is 16.4. The van der Waals surface area contributed by atoms with Gasteiger partial charge in [-0.25, -0.2) is 0 Å². The van der Waals surface area contributed by atoms with Crippen LogP contribution in [0.4, 0.5) is 11.4 Å². The summed E-state index contributed by atoms with van der Waals surface area (Å²) in [4.78, 5) is 12.7. The van der Waals surface area contributed by atoms with Gasteiger partial charge in [-0.2, -0.15) is 0 Å². The topological polar surface area (TPSA) is 66.6 Å². The number of benzene rings is 1. The summed E-state index contributed by atoms with van der Waals surface area (Å²) < 4.78 is 0. The summed E-state index contributed by atoms with van der Waals surface area (Å²) in [5.74, 6) is -0.748. The van der Waals surface area contributed by atoms with Gasteiger partial charge in [0.05, 0.1) is 6.42 Å². The molecule has 0 unspecified atom stereocenters. The Balaban J connectivity index is 2.16. The van der Waals surface area contributed by atoms with Crippen molar-refractivity contribution in [2.45, 2.75) is 19.3 Å². The van der Waals surface area contributed by atoms with E-state index in [2.05, 4.69) is 4.90 Å². The van der Waals surface area contributed by atoms with E-state index in [1.54, 1.807) is 0 Å². The molecule has 1 aliphatic heterocycles. The van der Waals surface area contributed by atoms with Crippen LogP contribution in [0.3, 0.4) is 0 Å². The predicted molar refractivity (Wildman–Crippen MR) is 63.6 cm³/mol. The molecule has 0 bridgehead atoms. The molecule has 0 radical (unpaired) electrons. The van der Waals surface area contributed by atoms with Gasteiger partial charge in [-0.3, -0.25) is 4.79 Å². The molecule has 1 heterocycles. The van der Waals surface area contributed by atoms with Crippen LogP contribution in [-0.2, 0) is 11.2 Å². The first kappa shape index (κ1) is 10.8. The molecule has 0 atom stereocenters. The Labute approximate surface area is 94.7 Å². The van der Waals surface area contributed by atoms with Crippen LogP contribution in [-0.4, -0.2) is 24.2 Å². The lowest BCUT2D eigenvalue weighted by atomic mass is 10.0. The lowest BCUT2D eigenvalue weighted by Crippen LogP contribution is -2.31. The number of carboxylic acid groups (broad SMARTS) is 1. The third-order valence-corrected chi connectivity index (χ3v) is 2.91. The van der Waals surface area contributed by atoms with E-state index >= 15 is 0 Å². The quantitative estimate of drug-likeness (QED) is 0.757. The van der Waals surface area contributed by atoms with Crippen LogP contribution in [0.5, 0.6) is 0 Å². The van der Waals surface area contributed by atoms with E-state index in [0.29, 0.717) is 6.54 Å². The minimum Gasteiger partial charge on any atom is -0.481 e. The molecule has 0 fully saturated rings. The van der Waals surface area contributed by atoms with Crippen LogP contribution < -0.4 is 10.6 Å². The summed E-state index contributed by atoms with van der Waals surface area (Å²) in [6.45, 7) is 1.51. The molecule has 4 heteroatoms. The number of nitrogens with two attached hydrogens (primary N) is 1. The molecule has 2 rings (SSSR count). The largest absolute Gasteiger partial charge is 0.481 e. The van der Waals surface area contributed by atoms with Crippen molar-refractivity contribution in [1.29, 1.82) is 0 Å². The second kappa shape index (κ2) is 4.43. The molecule has 1 aromatic carbocycles. The highest BCUT2D eigenvalue weighted by Gasteiger charge is 2.17. The van der Waals surface area contributed by atoms with Gasteiger partial charge in [-0.1, -0.05) is 0 Å². The van der Waals surface area contributed by atoms with Crippen LogP contribution in [0.2, 0.25) is 0 Å². The second-order valence-electron chi connectivity index (χ2n) is 4.12. The highest BCUT2D eigenvalue weighted by molar-refractivity contribution is 5.68. The molecule has 3 N–H and O–H groups in total. The van der Waals surface area contributed by atoms with Gasteiger partial charge in [0.25, 0.3) is 0 Å². The lowest BCUT2D eigenvalue weighted by Gasteiger charge is -2.31. The van der Waals surface area contributed by atoms with Crippen molar-refractivity contribution in [2.24, 2.45) is 0 Å². The summed E-state index contributed by atoms with van der Waals surface area (Å²) in [6, 6.07) is 5.85. The fraction of sp³-hybridized carbons (Fsp3) is 0.417. The SMILES string of the molecule is Nc1ccc2c(c1)CCCN2CCC(=O)O. The van der Waals surface area contributed by atoms with Gasteiger partial charge in [0.2, 0.25) is 0 Å². The predicted octanol–water partition coefficient (Wildman–Crippen LogP) is 1.50. The monoisotopic (exact) mass is 220 g/mol. The number of rotatable bonds is 3. The number of aliphatic carboxylic acids is 1. The molecule has 0 aromatic heterocycles. The van der Waals surface area contributed by atoms with Gasteiger partial charge < -0.3 is 15.7 Å². The number of carboxylic acids is 1. The number of aryl methyl sites for hydroxylation is 1. The maximum Gasteiger partial charge on any atom is 0.305 e. The zero-order valence-electron chi connectivity index (χ0n) is 9.15. The van der Waals surface area contributed by atoms with Crippen LogP contribution in [0.15, 0.2) is 18.2 Å². The Morgan fingerprint density at radius 1 is 1.50 bits per heavy atom. The van der Waals surface area contributed by atoms with Crippen molar-refractivity contribution in [2.75, 3.05) is 23.7 Å². The molecule has 0 saturated heterocycles. The zero-order chi connectivity index (χ0) is 11.5. The van der Waals surface area contributed by atoms with Gasteiger partial charge in [-0.05, 0) is 36.6 Å². The van der Waals surface area contributed by atoms with Crippen molar-refractivity contribution in [1.82, 2.24) is 0 Å². The summed E-state index contributed by atoms with van der Waals surface area (Å²) in [5, 5.41) is 8.69. The molecule has 1 aromatic rings. The number of hydrogen-bond acceptors (Lipinski definition) is 3. The van der Waals surface area contributed by atoms with Crippen LogP contribution >= 0.6 is 0 Å². The number of nitrogen functional groups attached to an aromatic ring is 1. The van der Waals surface area contributed by atoms with Crippen LogP contribution in [0.1, 0.15) is 18.4 Å². The minimum atomic E-state index is -0.748. The lowest BCUT2D eigenvalue weighted by molar-refractivity contribution is -0.136. The maximum atomic E-state index is 10.6. The van der Waals surface area contributed by atoms with Gasteiger partial charge >= 0.3 is 5.97 Å². The summed E-state index contributed by atoms with van der Waals surface area (Å²) in [5.41, 5.74) is 8.89. The van der Waals surface area contributed by atoms with E-state index in [1.807, 2.05) is 18.2 Å². The molecule has 4 nitrogen and oxygen atoms in total. The number of nitrogens with zero attached hydrogens (tertiary/aromatic N) is 1. The van der Waals surface area contributed by atoms with E-state index in [9.17, 15) is 4.79 Å². The fourth-order valence-electron chi connectivity index (χ4n) is 2.16. The van der Waals surface area contributed by atoms with E-state index in [4.69, 9.17) is 10.8 Å². The summed E-state index contributed by atoms with van der Waals surface area (Å²) in [6.07, 6.45) is 2.28. The Bertz CT molecular complexity index is 404. The van der Waals surface area contributed by atoms with E-state index < -0.39 is 5.97 Å². The van der Waals surface area contributed by atoms with E-state index in [0.717, 1.165) is 30.8 Å². The van der Waals surface area contributed by atoms with E-state index in [1.165, 1.54) is 5.56 Å². The van der Waals surface area contributed by atoms with Gasteiger partial charge in [0, 0.05) is 24.5 Å². The smallest absolute Gasteiger partial charge is 0.305 e. The number of hydrogen-bond donors (Lipinski definition) is 2. The molecule has 86 valence electrons. The van der Waals surface area contributed by atoms with Crippen molar-refractivity contribution in [3.05, 3.63) is 23.8 Å². The van der Waals surface area contributed by atoms with E-state index in [-0.39, 0.29) is 6.42 Å². The standard InChI is InChI=1S/C12H16N2O2/c13-10-3-4-11-9(8-10)2-1-6-14(11)7-5-12(15)16/h3-4,8H,1-2,5-7,13H2,(H,15,16).